The van der Waals surface area contributed by atoms with Gasteiger partial charge in [-0.25, -0.2) is 0 Å². The second-order valence-electron chi connectivity index (χ2n) is 3.44. The first kappa shape index (κ1) is 12.4. The summed E-state index contributed by atoms with van der Waals surface area (Å²) in [6.07, 6.45) is 2.54. The fourth-order valence-corrected chi connectivity index (χ4v) is 2.67. The van der Waals surface area contributed by atoms with E-state index in [2.05, 4.69) is 40.2 Å². The summed E-state index contributed by atoms with van der Waals surface area (Å²) >= 11 is 5.34. The molecule has 1 aromatic rings. The standard InChI is InChI=1S/C10H12BrNS.ClH/c11-8-1-3-9(4-2-8)13-10(7-12)5-6-10;/h1-4H,5-7,12H2;1H. The lowest BCUT2D eigenvalue weighted by Crippen LogP contribution is -2.17. The molecular weight excluding hydrogens is 282 g/mol. The smallest absolute Gasteiger partial charge is 0.0330 e. The van der Waals surface area contributed by atoms with Crippen LogP contribution in [0.25, 0.3) is 0 Å². The average molecular weight is 295 g/mol. The van der Waals surface area contributed by atoms with E-state index in [4.69, 9.17) is 5.73 Å². The monoisotopic (exact) mass is 293 g/mol. The number of halogens is 2. The van der Waals surface area contributed by atoms with Crippen molar-refractivity contribution in [2.45, 2.75) is 22.5 Å². The third-order valence-electron chi connectivity index (χ3n) is 2.33. The summed E-state index contributed by atoms with van der Waals surface area (Å²) in [5, 5.41) is 0. The highest BCUT2D eigenvalue weighted by Gasteiger charge is 2.42. The summed E-state index contributed by atoms with van der Waals surface area (Å²) in [6.45, 7) is 0.799. The maximum atomic E-state index is 5.72. The van der Waals surface area contributed by atoms with Crippen LogP contribution in [0.2, 0.25) is 0 Å². The minimum Gasteiger partial charge on any atom is -0.329 e. The van der Waals surface area contributed by atoms with Gasteiger partial charge in [-0.15, -0.1) is 24.2 Å². The largest absolute Gasteiger partial charge is 0.329 e. The van der Waals surface area contributed by atoms with Gasteiger partial charge in [0, 0.05) is 20.7 Å². The van der Waals surface area contributed by atoms with Gasteiger partial charge >= 0.3 is 0 Å². The average Bonchev–Trinajstić information content (AvgIpc) is 2.90. The van der Waals surface area contributed by atoms with Crippen LogP contribution in [-0.4, -0.2) is 11.3 Å². The molecule has 0 aromatic heterocycles. The Morgan fingerprint density at radius 3 is 2.29 bits per heavy atom. The number of rotatable bonds is 3. The van der Waals surface area contributed by atoms with Crippen LogP contribution in [0.3, 0.4) is 0 Å². The molecule has 2 N–H and O–H groups in total. The second-order valence-corrected chi connectivity index (χ2v) is 5.90. The molecule has 14 heavy (non-hydrogen) atoms. The molecular formula is C10H13BrClNS. The lowest BCUT2D eigenvalue weighted by atomic mass is 10.4. The Hall–Kier alpha value is 0.300. The maximum Gasteiger partial charge on any atom is 0.0330 e. The molecule has 0 atom stereocenters. The Bertz CT molecular complexity index is 297. The van der Waals surface area contributed by atoms with Crippen molar-refractivity contribution in [1.82, 2.24) is 0 Å². The van der Waals surface area contributed by atoms with Gasteiger partial charge < -0.3 is 5.73 Å². The van der Waals surface area contributed by atoms with Gasteiger partial charge in [-0.2, -0.15) is 0 Å². The summed E-state index contributed by atoms with van der Waals surface area (Å²) in [7, 11) is 0. The van der Waals surface area contributed by atoms with Crippen molar-refractivity contribution >= 4 is 40.1 Å². The van der Waals surface area contributed by atoms with Crippen molar-refractivity contribution in [3.8, 4) is 0 Å². The Labute approximate surface area is 103 Å². The summed E-state index contributed by atoms with van der Waals surface area (Å²) in [4.78, 5) is 1.33. The number of thioether (sulfide) groups is 1. The molecule has 1 nitrogen and oxygen atoms in total. The van der Waals surface area contributed by atoms with Gasteiger partial charge in [0.1, 0.15) is 0 Å². The zero-order valence-electron chi connectivity index (χ0n) is 7.70. The molecule has 1 aliphatic carbocycles. The predicted octanol–water partition coefficient (Wildman–Crippen LogP) is 3.45. The second kappa shape index (κ2) is 4.88. The molecule has 0 aliphatic heterocycles. The quantitative estimate of drug-likeness (QED) is 0.924. The topological polar surface area (TPSA) is 26.0 Å². The zero-order valence-corrected chi connectivity index (χ0v) is 10.9. The number of hydrogen-bond donors (Lipinski definition) is 1. The van der Waals surface area contributed by atoms with E-state index in [0.717, 1.165) is 11.0 Å². The van der Waals surface area contributed by atoms with Crippen molar-refractivity contribution in [1.29, 1.82) is 0 Å². The highest BCUT2D eigenvalue weighted by molar-refractivity contribution is 9.10. The molecule has 0 bridgehead atoms. The Kier molecular flexibility index (Phi) is 4.31. The molecule has 1 saturated carbocycles. The third kappa shape index (κ3) is 2.89. The van der Waals surface area contributed by atoms with Crippen LogP contribution in [0.1, 0.15) is 12.8 Å². The molecule has 4 heteroatoms. The van der Waals surface area contributed by atoms with Crippen LogP contribution in [0, 0.1) is 0 Å². The van der Waals surface area contributed by atoms with Crippen LogP contribution in [-0.2, 0) is 0 Å². The van der Waals surface area contributed by atoms with E-state index < -0.39 is 0 Å². The van der Waals surface area contributed by atoms with E-state index in [-0.39, 0.29) is 12.4 Å². The molecule has 1 aromatic carbocycles. The van der Waals surface area contributed by atoms with Crippen molar-refractivity contribution in [3.05, 3.63) is 28.7 Å². The van der Waals surface area contributed by atoms with Gasteiger partial charge in [0.05, 0.1) is 0 Å². The Morgan fingerprint density at radius 1 is 1.29 bits per heavy atom. The van der Waals surface area contributed by atoms with Crippen molar-refractivity contribution < 1.29 is 0 Å². The summed E-state index contributed by atoms with van der Waals surface area (Å²) in [5.41, 5.74) is 5.72. The van der Waals surface area contributed by atoms with Crippen molar-refractivity contribution in [2.75, 3.05) is 6.54 Å². The Balaban J connectivity index is 0.000000980. The van der Waals surface area contributed by atoms with Crippen molar-refractivity contribution in [3.63, 3.8) is 0 Å². The minimum atomic E-state index is 0. The SMILES string of the molecule is Cl.NCC1(Sc2ccc(Br)cc2)CC1. The van der Waals surface area contributed by atoms with Gasteiger partial charge in [-0.3, -0.25) is 0 Å². The molecule has 0 heterocycles. The first-order valence-electron chi connectivity index (χ1n) is 4.39. The molecule has 1 fully saturated rings. The van der Waals surface area contributed by atoms with Gasteiger partial charge in [0.2, 0.25) is 0 Å². The molecule has 78 valence electrons. The van der Waals surface area contributed by atoms with Gasteiger partial charge in [0.15, 0.2) is 0 Å². The fourth-order valence-electron chi connectivity index (χ4n) is 1.24. The predicted molar refractivity (Wildman–Crippen MR) is 68.3 cm³/mol. The van der Waals surface area contributed by atoms with E-state index in [9.17, 15) is 0 Å². The van der Waals surface area contributed by atoms with Crippen LogP contribution < -0.4 is 5.73 Å². The lowest BCUT2D eigenvalue weighted by molar-refractivity contribution is 0.900. The highest BCUT2D eigenvalue weighted by atomic mass is 79.9. The maximum absolute atomic E-state index is 5.72. The number of nitrogens with two attached hydrogens (primary N) is 1. The summed E-state index contributed by atoms with van der Waals surface area (Å²) in [6, 6.07) is 8.44. The fraction of sp³-hybridized carbons (Fsp3) is 0.400. The van der Waals surface area contributed by atoms with E-state index >= 15 is 0 Å². The first-order chi connectivity index (χ1) is 6.24. The van der Waals surface area contributed by atoms with E-state index in [1.165, 1.54) is 17.7 Å². The van der Waals surface area contributed by atoms with Crippen LogP contribution >= 0.6 is 40.1 Å². The van der Waals surface area contributed by atoms with E-state index in [1.54, 1.807) is 0 Å². The highest BCUT2D eigenvalue weighted by Crippen LogP contribution is 2.50. The molecule has 0 radical (unpaired) electrons. The molecule has 0 amide bonds. The molecule has 0 unspecified atom stereocenters. The van der Waals surface area contributed by atoms with Crippen molar-refractivity contribution in [2.24, 2.45) is 5.73 Å². The van der Waals surface area contributed by atoms with Gasteiger partial charge in [-0.05, 0) is 37.1 Å². The van der Waals surface area contributed by atoms with Gasteiger partial charge in [-0.1, -0.05) is 15.9 Å². The van der Waals surface area contributed by atoms with E-state index in [0.29, 0.717) is 4.75 Å². The molecule has 2 rings (SSSR count). The molecule has 1 aliphatic rings. The number of hydrogen-bond acceptors (Lipinski definition) is 2. The van der Waals surface area contributed by atoms with Crippen LogP contribution in [0.4, 0.5) is 0 Å². The lowest BCUT2D eigenvalue weighted by Gasteiger charge is -2.11. The molecule has 0 saturated heterocycles. The number of benzene rings is 1. The zero-order chi connectivity index (χ0) is 9.31. The van der Waals surface area contributed by atoms with Crippen LogP contribution in [0.5, 0.6) is 0 Å². The van der Waals surface area contributed by atoms with Crippen LogP contribution in [0.15, 0.2) is 33.6 Å². The summed E-state index contributed by atoms with van der Waals surface area (Å²) < 4.78 is 1.50. The summed E-state index contributed by atoms with van der Waals surface area (Å²) in [5.74, 6) is 0. The van der Waals surface area contributed by atoms with Gasteiger partial charge in [0.25, 0.3) is 0 Å². The minimum absolute atomic E-state index is 0. The molecule has 0 spiro atoms. The Morgan fingerprint density at radius 2 is 1.86 bits per heavy atom. The van der Waals surface area contributed by atoms with E-state index in [1.807, 2.05) is 11.8 Å². The first-order valence-corrected chi connectivity index (χ1v) is 6.00. The normalized spacial score (nSPS) is 17.3. The third-order valence-corrected chi connectivity index (χ3v) is 4.37.